The number of likely N-dealkylation sites (N-methyl/N-ethyl adjacent to an activating group) is 1. The maximum absolute atomic E-state index is 12.6. The smallest absolute Gasteiger partial charge is 0.274 e. The number of rotatable bonds is 3. The second-order valence-electron chi connectivity index (χ2n) is 7.10. The summed E-state index contributed by atoms with van der Waals surface area (Å²) in [5.74, 6) is -0.174. The van der Waals surface area contributed by atoms with Crippen molar-refractivity contribution in [1.29, 1.82) is 0 Å². The summed E-state index contributed by atoms with van der Waals surface area (Å²) >= 11 is 0. The largest absolute Gasteiger partial charge is 0.388 e. The zero-order chi connectivity index (χ0) is 16.5. The highest BCUT2D eigenvalue weighted by atomic mass is 16.5. The van der Waals surface area contributed by atoms with Crippen LogP contribution in [0.1, 0.15) is 56.2 Å². The SMILES string of the molecule is CO[C@@H]1CCC[C@@H](N(C)C(=O)c2cc(C(C)(C)C)[nH]n2)[C@H]1O. The molecule has 0 bridgehead atoms. The first kappa shape index (κ1) is 17.0. The summed E-state index contributed by atoms with van der Waals surface area (Å²) in [5, 5.41) is 17.4. The molecule has 2 rings (SSSR count). The third-order valence-electron chi connectivity index (χ3n) is 4.49. The van der Waals surface area contributed by atoms with Gasteiger partial charge in [-0.3, -0.25) is 9.89 Å². The van der Waals surface area contributed by atoms with Gasteiger partial charge in [0.05, 0.1) is 12.1 Å². The lowest BCUT2D eigenvalue weighted by Crippen LogP contribution is -2.52. The second kappa shape index (κ2) is 6.38. The highest BCUT2D eigenvalue weighted by Crippen LogP contribution is 2.26. The fourth-order valence-corrected chi connectivity index (χ4v) is 2.94. The van der Waals surface area contributed by atoms with Crippen LogP contribution in [0.5, 0.6) is 0 Å². The normalized spacial score (nSPS) is 26.0. The van der Waals surface area contributed by atoms with Gasteiger partial charge in [0.1, 0.15) is 11.8 Å². The number of H-pyrrole nitrogens is 1. The molecule has 0 radical (unpaired) electrons. The van der Waals surface area contributed by atoms with Crippen LogP contribution in [0.25, 0.3) is 0 Å². The van der Waals surface area contributed by atoms with Crippen molar-refractivity contribution in [2.45, 2.75) is 63.7 Å². The summed E-state index contributed by atoms with van der Waals surface area (Å²) in [7, 11) is 3.32. The molecule has 1 amide bonds. The van der Waals surface area contributed by atoms with E-state index in [0.717, 1.165) is 25.0 Å². The topological polar surface area (TPSA) is 78.5 Å². The fraction of sp³-hybridized carbons (Fsp3) is 0.750. The molecule has 0 unspecified atom stereocenters. The van der Waals surface area contributed by atoms with Gasteiger partial charge in [0, 0.05) is 25.3 Å². The summed E-state index contributed by atoms with van der Waals surface area (Å²) in [5.41, 5.74) is 1.22. The number of nitrogens with zero attached hydrogens (tertiary/aromatic N) is 2. The minimum absolute atomic E-state index is 0.0877. The number of hydrogen-bond donors (Lipinski definition) is 2. The van der Waals surface area contributed by atoms with Gasteiger partial charge in [-0.15, -0.1) is 0 Å². The number of amides is 1. The number of ether oxygens (including phenoxy) is 1. The van der Waals surface area contributed by atoms with Crippen LogP contribution in [0.2, 0.25) is 0 Å². The molecule has 1 aliphatic carbocycles. The highest BCUT2D eigenvalue weighted by Gasteiger charge is 2.37. The first-order valence-corrected chi connectivity index (χ1v) is 7.79. The summed E-state index contributed by atoms with van der Waals surface area (Å²) in [6.45, 7) is 6.19. The number of methoxy groups -OCH3 is 1. The van der Waals surface area contributed by atoms with Gasteiger partial charge >= 0.3 is 0 Å². The molecule has 6 nitrogen and oxygen atoms in total. The zero-order valence-corrected chi connectivity index (χ0v) is 14.1. The molecule has 0 aliphatic heterocycles. The molecule has 22 heavy (non-hydrogen) atoms. The van der Waals surface area contributed by atoms with E-state index in [1.54, 1.807) is 25.1 Å². The van der Waals surface area contributed by atoms with E-state index >= 15 is 0 Å². The molecule has 1 saturated carbocycles. The van der Waals surface area contributed by atoms with E-state index in [2.05, 4.69) is 31.0 Å². The number of hydrogen-bond acceptors (Lipinski definition) is 4. The Balaban J connectivity index is 2.13. The number of aliphatic hydroxyl groups excluding tert-OH is 1. The maximum Gasteiger partial charge on any atom is 0.274 e. The predicted octanol–water partition coefficient (Wildman–Crippen LogP) is 1.71. The summed E-state index contributed by atoms with van der Waals surface area (Å²) in [6.07, 6.45) is 1.67. The van der Waals surface area contributed by atoms with E-state index in [9.17, 15) is 9.90 Å². The molecule has 1 heterocycles. The van der Waals surface area contributed by atoms with Crippen LogP contribution in [0, 0.1) is 0 Å². The van der Waals surface area contributed by atoms with Gasteiger partial charge < -0.3 is 14.7 Å². The Labute approximate surface area is 131 Å². The van der Waals surface area contributed by atoms with Crippen LogP contribution in [0.4, 0.5) is 0 Å². The van der Waals surface area contributed by atoms with Crippen molar-refractivity contribution in [3.63, 3.8) is 0 Å². The van der Waals surface area contributed by atoms with Crippen molar-refractivity contribution in [2.24, 2.45) is 0 Å². The molecule has 6 heteroatoms. The third-order valence-corrected chi connectivity index (χ3v) is 4.49. The number of nitrogens with one attached hydrogen (secondary N) is 1. The van der Waals surface area contributed by atoms with Crippen LogP contribution in [-0.2, 0) is 10.2 Å². The van der Waals surface area contributed by atoms with Gasteiger partial charge in [-0.25, -0.2) is 0 Å². The Morgan fingerprint density at radius 2 is 2.14 bits per heavy atom. The summed E-state index contributed by atoms with van der Waals surface area (Å²) in [4.78, 5) is 14.2. The Hall–Kier alpha value is -1.40. The lowest BCUT2D eigenvalue weighted by atomic mass is 9.88. The fourth-order valence-electron chi connectivity index (χ4n) is 2.94. The molecule has 2 N–H and O–H groups in total. The quantitative estimate of drug-likeness (QED) is 0.891. The molecule has 0 aromatic carbocycles. The van der Waals surface area contributed by atoms with E-state index < -0.39 is 6.10 Å². The molecule has 1 aromatic rings. The van der Waals surface area contributed by atoms with E-state index in [1.807, 2.05) is 0 Å². The lowest BCUT2D eigenvalue weighted by Gasteiger charge is -2.38. The first-order chi connectivity index (χ1) is 10.3. The average molecular weight is 309 g/mol. The number of aliphatic hydroxyl groups is 1. The minimum atomic E-state index is -0.659. The Morgan fingerprint density at radius 3 is 2.68 bits per heavy atom. The van der Waals surface area contributed by atoms with Crippen molar-refractivity contribution < 1.29 is 14.6 Å². The number of carbonyl (C=O) groups excluding carboxylic acids is 1. The van der Waals surface area contributed by atoms with Crippen molar-refractivity contribution in [2.75, 3.05) is 14.2 Å². The Kier molecular flexibility index (Phi) is 4.92. The van der Waals surface area contributed by atoms with Crippen LogP contribution in [0.15, 0.2) is 6.07 Å². The molecule has 1 fully saturated rings. The van der Waals surface area contributed by atoms with Gasteiger partial charge in [0.15, 0.2) is 0 Å². The predicted molar refractivity (Wildman–Crippen MR) is 83.8 cm³/mol. The van der Waals surface area contributed by atoms with Gasteiger partial charge in [-0.05, 0) is 25.3 Å². The summed E-state index contributed by atoms with van der Waals surface area (Å²) < 4.78 is 5.31. The monoisotopic (exact) mass is 309 g/mol. The number of carbonyl (C=O) groups is 1. The van der Waals surface area contributed by atoms with E-state index in [4.69, 9.17) is 4.74 Å². The van der Waals surface area contributed by atoms with Gasteiger partial charge in [0.25, 0.3) is 5.91 Å². The van der Waals surface area contributed by atoms with Crippen LogP contribution < -0.4 is 0 Å². The first-order valence-electron chi connectivity index (χ1n) is 7.79. The van der Waals surface area contributed by atoms with E-state index in [0.29, 0.717) is 5.69 Å². The standard InChI is InChI=1S/C16H27N3O3/c1-16(2,3)13-9-10(17-18-13)15(21)19(4)11-7-6-8-12(22-5)14(11)20/h9,11-12,14,20H,6-8H2,1-5H3,(H,17,18)/t11-,12-,14-/m1/s1. The molecule has 1 aromatic heterocycles. The van der Waals surface area contributed by atoms with Gasteiger partial charge in [-0.2, -0.15) is 5.10 Å². The minimum Gasteiger partial charge on any atom is -0.388 e. The third kappa shape index (κ3) is 3.33. The molecule has 3 atom stereocenters. The molecule has 124 valence electrons. The van der Waals surface area contributed by atoms with Crippen LogP contribution in [0.3, 0.4) is 0 Å². The van der Waals surface area contributed by atoms with E-state index in [1.165, 1.54) is 0 Å². The van der Waals surface area contributed by atoms with Crippen molar-refractivity contribution in [3.8, 4) is 0 Å². The number of aromatic nitrogens is 2. The molecule has 0 spiro atoms. The number of aromatic amines is 1. The van der Waals surface area contributed by atoms with Gasteiger partial charge in [-0.1, -0.05) is 20.8 Å². The highest BCUT2D eigenvalue weighted by molar-refractivity contribution is 5.92. The molecular weight excluding hydrogens is 282 g/mol. The summed E-state index contributed by atoms with van der Waals surface area (Å²) in [6, 6.07) is 1.56. The van der Waals surface area contributed by atoms with Crippen LogP contribution >= 0.6 is 0 Å². The van der Waals surface area contributed by atoms with Crippen molar-refractivity contribution in [3.05, 3.63) is 17.5 Å². The molecular formula is C16H27N3O3. The van der Waals surface area contributed by atoms with Crippen molar-refractivity contribution >= 4 is 5.91 Å². The maximum atomic E-state index is 12.6. The molecule has 0 saturated heterocycles. The van der Waals surface area contributed by atoms with Crippen LogP contribution in [-0.4, -0.2) is 58.5 Å². The average Bonchev–Trinajstić information content (AvgIpc) is 2.96. The van der Waals surface area contributed by atoms with Crippen molar-refractivity contribution in [1.82, 2.24) is 15.1 Å². The Bertz CT molecular complexity index is 521. The Morgan fingerprint density at radius 1 is 1.45 bits per heavy atom. The van der Waals surface area contributed by atoms with Gasteiger partial charge in [0.2, 0.25) is 0 Å². The zero-order valence-electron chi connectivity index (χ0n) is 14.1. The lowest BCUT2D eigenvalue weighted by molar-refractivity contribution is -0.0715. The second-order valence-corrected chi connectivity index (χ2v) is 7.10. The van der Waals surface area contributed by atoms with E-state index in [-0.39, 0.29) is 23.5 Å². The molecule has 1 aliphatic rings.